The van der Waals surface area contributed by atoms with Crippen molar-refractivity contribution in [2.24, 2.45) is 0 Å². The molecule has 2 aromatic rings. The molecule has 1 aromatic heterocycles. The number of rotatable bonds is 6. The van der Waals surface area contributed by atoms with E-state index < -0.39 is 0 Å². The summed E-state index contributed by atoms with van der Waals surface area (Å²) in [5.74, 6) is 1.54. The first kappa shape index (κ1) is 15.1. The Hall–Kier alpha value is -2.30. The van der Waals surface area contributed by atoms with Crippen molar-refractivity contribution in [1.82, 2.24) is 9.88 Å². The second-order valence-electron chi connectivity index (χ2n) is 4.67. The predicted octanol–water partition coefficient (Wildman–Crippen LogP) is 2.52. The molecule has 2 rings (SSSR count). The zero-order chi connectivity index (χ0) is 15.2. The van der Waals surface area contributed by atoms with Crippen LogP contribution in [-0.2, 0) is 4.79 Å². The largest absolute Gasteiger partial charge is 0.497 e. The maximum Gasteiger partial charge on any atom is 0.241 e. The van der Waals surface area contributed by atoms with Crippen LogP contribution in [0.5, 0.6) is 5.75 Å². The van der Waals surface area contributed by atoms with Gasteiger partial charge in [-0.25, -0.2) is 4.98 Å². The van der Waals surface area contributed by atoms with E-state index in [4.69, 9.17) is 4.74 Å². The standard InChI is InChI=1S/C16H21N3O2/c1-4-19(5-2)15(20)11-18-16-14-10-13(21-3)7-6-12(14)8-9-17-16/h6-10H,4-5,11H2,1-3H3,(H,17,18). The Bertz CT molecular complexity index is 624. The second-order valence-corrected chi connectivity index (χ2v) is 4.67. The quantitative estimate of drug-likeness (QED) is 0.887. The summed E-state index contributed by atoms with van der Waals surface area (Å²) in [6.07, 6.45) is 1.74. The molecule has 0 saturated carbocycles. The average Bonchev–Trinajstić information content (AvgIpc) is 2.53. The molecule has 0 aliphatic rings. The minimum atomic E-state index is 0.0710. The van der Waals surface area contributed by atoms with E-state index in [1.54, 1.807) is 18.2 Å². The van der Waals surface area contributed by atoms with Crippen molar-refractivity contribution in [3.63, 3.8) is 0 Å². The summed E-state index contributed by atoms with van der Waals surface area (Å²) in [6.45, 7) is 5.62. The number of benzene rings is 1. The zero-order valence-corrected chi connectivity index (χ0v) is 12.7. The topological polar surface area (TPSA) is 54.5 Å². The number of ether oxygens (including phenoxy) is 1. The maximum absolute atomic E-state index is 12.0. The number of nitrogens with zero attached hydrogens (tertiary/aromatic N) is 2. The minimum Gasteiger partial charge on any atom is -0.497 e. The van der Waals surface area contributed by atoms with E-state index >= 15 is 0 Å². The number of amides is 1. The Morgan fingerprint density at radius 2 is 2.05 bits per heavy atom. The predicted molar refractivity (Wildman–Crippen MR) is 84.7 cm³/mol. The van der Waals surface area contributed by atoms with Gasteiger partial charge in [-0.3, -0.25) is 4.79 Å². The van der Waals surface area contributed by atoms with Crippen LogP contribution in [0.4, 0.5) is 5.82 Å². The number of hydrogen-bond donors (Lipinski definition) is 1. The molecular weight excluding hydrogens is 266 g/mol. The number of hydrogen-bond acceptors (Lipinski definition) is 4. The fourth-order valence-electron chi connectivity index (χ4n) is 2.26. The molecule has 5 nitrogen and oxygen atoms in total. The van der Waals surface area contributed by atoms with E-state index in [0.29, 0.717) is 18.9 Å². The number of aromatic nitrogens is 1. The summed E-state index contributed by atoms with van der Waals surface area (Å²) in [5, 5.41) is 5.14. The van der Waals surface area contributed by atoms with Crippen LogP contribution in [0.2, 0.25) is 0 Å². The summed E-state index contributed by atoms with van der Waals surface area (Å²) in [7, 11) is 1.63. The molecule has 0 unspecified atom stereocenters. The van der Waals surface area contributed by atoms with Crippen molar-refractivity contribution in [3.8, 4) is 5.75 Å². The number of likely N-dealkylation sites (N-methyl/N-ethyl adjacent to an activating group) is 1. The van der Waals surface area contributed by atoms with E-state index in [2.05, 4.69) is 10.3 Å². The van der Waals surface area contributed by atoms with E-state index in [9.17, 15) is 4.79 Å². The smallest absolute Gasteiger partial charge is 0.241 e. The second kappa shape index (κ2) is 6.92. The molecule has 21 heavy (non-hydrogen) atoms. The molecule has 0 aliphatic carbocycles. The van der Waals surface area contributed by atoms with E-state index in [1.807, 2.05) is 38.1 Å². The minimum absolute atomic E-state index is 0.0710. The average molecular weight is 287 g/mol. The SMILES string of the molecule is CCN(CC)C(=O)CNc1nccc2ccc(OC)cc12. The molecule has 0 saturated heterocycles. The molecule has 1 aromatic carbocycles. The van der Waals surface area contributed by atoms with Crippen LogP contribution >= 0.6 is 0 Å². The fourth-order valence-corrected chi connectivity index (χ4v) is 2.26. The number of carbonyl (C=O) groups is 1. The van der Waals surface area contributed by atoms with Crippen molar-refractivity contribution < 1.29 is 9.53 Å². The van der Waals surface area contributed by atoms with Gasteiger partial charge in [0.1, 0.15) is 11.6 Å². The van der Waals surface area contributed by atoms with E-state index in [-0.39, 0.29) is 12.5 Å². The van der Waals surface area contributed by atoms with Gasteiger partial charge >= 0.3 is 0 Å². The summed E-state index contributed by atoms with van der Waals surface area (Å²) in [6, 6.07) is 7.75. The highest BCUT2D eigenvalue weighted by atomic mass is 16.5. The Kier molecular flexibility index (Phi) is 4.98. The van der Waals surface area contributed by atoms with Crippen molar-refractivity contribution in [2.75, 3.05) is 32.1 Å². The van der Waals surface area contributed by atoms with Crippen molar-refractivity contribution in [2.45, 2.75) is 13.8 Å². The van der Waals surface area contributed by atoms with Gasteiger partial charge in [0, 0.05) is 24.7 Å². The normalized spacial score (nSPS) is 10.4. The molecule has 1 amide bonds. The lowest BCUT2D eigenvalue weighted by Crippen LogP contribution is -2.35. The van der Waals surface area contributed by atoms with Crippen LogP contribution in [0, 0.1) is 0 Å². The molecule has 0 atom stereocenters. The number of methoxy groups -OCH3 is 1. The molecule has 0 fully saturated rings. The Morgan fingerprint density at radius 3 is 2.71 bits per heavy atom. The summed E-state index contributed by atoms with van der Waals surface area (Å²) in [4.78, 5) is 18.2. The van der Waals surface area contributed by atoms with Gasteiger partial charge in [0.15, 0.2) is 0 Å². The Labute approximate surface area is 124 Å². The van der Waals surface area contributed by atoms with Crippen molar-refractivity contribution in [1.29, 1.82) is 0 Å². The summed E-state index contributed by atoms with van der Waals surface area (Å²) >= 11 is 0. The first-order valence-electron chi connectivity index (χ1n) is 7.14. The summed E-state index contributed by atoms with van der Waals surface area (Å²) < 4.78 is 5.25. The van der Waals surface area contributed by atoms with Gasteiger partial charge in [-0.15, -0.1) is 0 Å². The first-order chi connectivity index (χ1) is 10.2. The fraction of sp³-hybridized carbons (Fsp3) is 0.375. The third-order valence-corrected chi connectivity index (χ3v) is 3.50. The van der Waals surface area contributed by atoms with Crippen LogP contribution in [-0.4, -0.2) is 42.5 Å². The molecular formula is C16H21N3O2. The third-order valence-electron chi connectivity index (χ3n) is 3.50. The number of carbonyl (C=O) groups excluding carboxylic acids is 1. The van der Waals surface area contributed by atoms with Crippen LogP contribution < -0.4 is 10.1 Å². The highest BCUT2D eigenvalue weighted by Crippen LogP contribution is 2.25. The van der Waals surface area contributed by atoms with Gasteiger partial charge in [-0.05, 0) is 37.4 Å². The van der Waals surface area contributed by atoms with Crippen molar-refractivity contribution >= 4 is 22.5 Å². The molecule has 5 heteroatoms. The summed E-state index contributed by atoms with van der Waals surface area (Å²) in [5.41, 5.74) is 0. The van der Waals surface area contributed by atoms with Crippen LogP contribution in [0.3, 0.4) is 0 Å². The number of nitrogens with one attached hydrogen (secondary N) is 1. The molecule has 0 bridgehead atoms. The van der Waals surface area contributed by atoms with E-state index in [0.717, 1.165) is 16.5 Å². The van der Waals surface area contributed by atoms with Crippen LogP contribution in [0.25, 0.3) is 10.8 Å². The maximum atomic E-state index is 12.0. The Morgan fingerprint density at radius 1 is 1.29 bits per heavy atom. The highest BCUT2D eigenvalue weighted by Gasteiger charge is 2.10. The molecule has 112 valence electrons. The first-order valence-corrected chi connectivity index (χ1v) is 7.14. The van der Waals surface area contributed by atoms with Gasteiger partial charge in [0.05, 0.1) is 13.7 Å². The highest BCUT2D eigenvalue weighted by molar-refractivity contribution is 5.94. The zero-order valence-electron chi connectivity index (χ0n) is 12.7. The molecule has 1 N–H and O–H groups in total. The lowest BCUT2D eigenvalue weighted by Gasteiger charge is -2.19. The lowest BCUT2D eigenvalue weighted by atomic mass is 10.1. The van der Waals surface area contributed by atoms with Crippen LogP contribution in [0.1, 0.15) is 13.8 Å². The van der Waals surface area contributed by atoms with Gasteiger partial charge in [0.25, 0.3) is 0 Å². The molecule has 1 heterocycles. The lowest BCUT2D eigenvalue weighted by molar-refractivity contribution is -0.128. The van der Waals surface area contributed by atoms with Crippen molar-refractivity contribution in [3.05, 3.63) is 30.5 Å². The van der Waals surface area contributed by atoms with Crippen LogP contribution in [0.15, 0.2) is 30.5 Å². The monoisotopic (exact) mass is 287 g/mol. The van der Waals surface area contributed by atoms with Gasteiger partial charge in [-0.1, -0.05) is 6.07 Å². The molecule has 0 radical (unpaired) electrons. The van der Waals surface area contributed by atoms with E-state index in [1.165, 1.54) is 0 Å². The van der Waals surface area contributed by atoms with Gasteiger partial charge < -0.3 is 15.0 Å². The van der Waals surface area contributed by atoms with Gasteiger partial charge in [0.2, 0.25) is 5.91 Å². The molecule has 0 spiro atoms. The molecule has 0 aliphatic heterocycles. The number of pyridine rings is 1. The number of anilines is 1. The Balaban J connectivity index is 2.20. The number of fused-ring (bicyclic) bond motifs is 1. The van der Waals surface area contributed by atoms with Gasteiger partial charge in [-0.2, -0.15) is 0 Å². The third kappa shape index (κ3) is 3.42.